The predicted molar refractivity (Wildman–Crippen MR) is 80.6 cm³/mol. The van der Waals surface area contributed by atoms with E-state index in [2.05, 4.69) is 5.32 Å². The lowest BCUT2D eigenvalue weighted by Gasteiger charge is -2.28. The van der Waals surface area contributed by atoms with Gasteiger partial charge in [0.1, 0.15) is 11.9 Å². The Balaban J connectivity index is 1.62. The van der Waals surface area contributed by atoms with Crippen LogP contribution in [0.25, 0.3) is 0 Å². The van der Waals surface area contributed by atoms with Gasteiger partial charge < -0.3 is 14.8 Å². The molecule has 5 heteroatoms. The third-order valence-corrected chi connectivity index (χ3v) is 4.29. The number of rotatable bonds is 5. The Morgan fingerprint density at radius 2 is 2.29 bits per heavy atom. The molecule has 0 bridgehead atoms. The van der Waals surface area contributed by atoms with Crippen LogP contribution in [0.5, 0.6) is 5.75 Å². The normalized spacial score (nSPS) is 22.1. The van der Waals surface area contributed by atoms with E-state index in [-0.39, 0.29) is 11.9 Å². The fourth-order valence-corrected chi connectivity index (χ4v) is 2.70. The smallest absolute Gasteiger partial charge is 0.249 e. The fourth-order valence-electron chi connectivity index (χ4n) is 2.47. The molecule has 2 atom stereocenters. The molecule has 1 amide bonds. The molecule has 0 aromatic heterocycles. The summed E-state index contributed by atoms with van der Waals surface area (Å²) in [5.74, 6) is 1.26. The molecule has 114 valence electrons. The topological polar surface area (TPSA) is 47.6 Å². The molecule has 1 aliphatic heterocycles. The molecule has 0 radical (unpaired) electrons. The van der Waals surface area contributed by atoms with Crippen LogP contribution in [0.2, 0.25) is 5.02 Å². The molecule has 1 aliphatic carbocycles. The quantitative estimate of drug-likeness (QED) is 0.909. The van der Waals surface area contributed by atoms with E-state index in [0.717, 1.165) is 12.0 Å². The summed E-state index contributed by atoms with van der Waals surface area (Å²) in [6, 6.07) is 5.56. The average Bonchev–Trinajstić information content (AvgIpc) is 3.30. The minimum atomic E-state index is -0.420. The number of carbonyl (C=O) groups is 1. The summed E-state index contributed by atoms with van der Waals surface area (Å²) < 4.78 is 11.2. The monoisotopic (exact) mass is 309 g/mol. The highest BCUT2D eigenvalue weighted by Gasteiger charge is 2.28. The molecule has 1 aromatic carbocycles. The van der Waals surface area contributed by atoms with Crippen molar-refractivity contribution in [3.8, 4) is 5.75 Å². The Bertz CT molecular complexity index is 530. The van der Waals surface area contributed by atoms with E-state index < -0.39 is 6.10 Å². The summed E-state index contributed by atoms with van der Waals surface area (Å²) in [4.78, 5) is 12.2. The minimum absolute atomic E-state index is 0.0630. The number of nitrogens with one attached hydrogen (secondary N) is 1. The van der Waals surface area contributed by atoms with Crippen molar-refractivity contribution in [3.63, 3.8) is 0 Å². The second kappa shape index (κ2) is 6.24. The summed E-state index contributed by atoms with van der Waals surface area (Å²) in [6.07, 6.45) is 2.77. The summed E-state index contributed by atoms with van der Waals surface area (Å²) in [7, 11) is 0. The molecule has 1 saturated carbocycles. The predicted octanol–water partition coefficient (Wildman–Crippen LogP) is 3.09. The molecule has 4 nitrogen and oxygen atoms in total. The first-order valence-electron chi connectivity index (χ1n) is 7.48. The van der Waals surface area contributed by atoms with Crippen molar-refractivity contribution in [1.29, 1.82) is 0 Å². The van der Waals surface area contributed by atoms with Crippen LogP contribution in [0.15, 0.2) is 18.2 Å². The summed E-state index contributed by atoms with van der Waals surface area (Å²) >= 11 is 6.14. The number of fused-ring (bicyclic) bond motifs is 1. The van der Waals surface area contributed by atoms with Crippen molar-refractivity contribution in [1.82, 2.24) is 5.32 Å². The maximum atomic E-state index is 12.2. The summed E-state index contributed by atoms with van der Waals surface area (Å²) in [5.41, 5.74) is 0.941. The van der Waals surface area contributed by atoms with E-state index in [1.54, 1.807) is 13.0 Å². The third-order valence-electron chi connectivity index (χ3n) is 3.99. The summed E-state index contributed by atoms with van der Waals surface area (Å²) in [5, 5.41) is 3.63. The Morgan fingerprint density at radius 3 is 3.05 bits per heavy atom. The van der Waals surface area contributed by atoms with Crippen LogP contribution in [0.1, 0.15) is 37.8 Å². The maximum absolute atomic E-state index is 12.2. The molecule has 0 saturated heterocycles. The molecule has 1 N–H and O–H groups in total. The first-order valence-corrected chi connectivity index (χ1v) is 7.86. The van der Waals surface area contributed by atoms with Crippen LogP contribution in [-0.4, -0.2) is 25.2 Å². The van der Waals surface area contributed by atoms with Gasteiger partial charge in [-0.2, -0.15) is 0 Å². The lowest BCUT2D eigenvalue weighted by molar-refractivity contribution is -0.133. The molecule has 1 aromatic rings. The first kappa shape index (κ1) is 14.7. The molecule has 1 fully saturated rings. The van der Waals surface area contributed by atoms with E-state index >= 15 is 0 Å². The van der Waals surface area contributed by atoms with Gasteiger partial charge in [-0.1, -0.05) is 23.7 Å². The van der Waals surface area contributed by atoms with Crippen LogP contribution >= 0.6 is 11.6 Å². The van der Waals surface area contributed by atoms with Crippen molar-refractivity contribution < 1.29 is 14.3 Å². The molecule has 0 unspecified atom stereocenters. The number of carbonyl (C=O) groups excluding carboxylic acids is 1. The molecule has 2 aliphatic rings. The van der Waals surface area contributed by atoms with Crippen molar-refractivity contribution in [2.75, 3.05) is 13.2 Å². The van der Waals surface area contributed by atoms with Crippen LogP contribution in [-0.2, 0) is 9.53 Å². The van der Waals surface area contributed by atoms with Crippen molar-refractivity contribution in [2.24, 2.45) is 5.92 Å². The highest BCUT2D eigenvalue weighted by Crippen LogP contribution is 2.37. The number of hydrogen-bond acceptors (Lipinski definition) is 3. The number of hydrogen-bond donors (Lipinski definition) is 1. The van der Waals surface area contributed by atoms with Crippen molar-refractivity contribution in [2.45, 2.75) is 38.3 Å². The van der Waals surface area contributed by atoms with E-state index in [4.69, 9.17) is 21.1 Å². The van der Waals surface area contributed by atoms with E-state index in [1.165, 1.54) is 12.8 Å². The Hall–Kier alpha value is -1.26. The Labute approximate surface area is 129 Å². The zero-order chi connectivity index (χ0) is 14.8. The maximum Gasteiger partial charge on any atom is 0.249 e. The van der Waals surface area contributed by atoms with E-state index in [9.17, 15) is 4.79 Å². The molecule has 1 heterocycles. The van der Waals surface area contributed by atoms with Gasteiger partial charge in [-0.05, 0) is 31.7 Å². The first-order chi connectivity index (χ1) is 10.1. The number of benzene rings is 1. The second-order valence-electron chi connectivity index (χ2n) is 5.78. The number of ether oxygens (including phenoxy) is 2. The standard InChI is InChI=1S/C16H20ClNO3/c1-10(21-9-11-5-6-11)16(19)18-14-7-8-20-15-12(14)3-2-4-13(15)17/h2-4,10-11,14H,5-9H2,1H3,(H,18,19)/t10-,14+/m0/s1. The van der Waals surface area contributed by atoms with E-state index in [1.807, 2.05) is 12.1 Å². The van der Waals surface area contributed by atoms with Gasteiger partial charge in [0.05, 0.1) is 24.3 Å². The summed E-state index contributed by atoms with van der Waals surface area (Å²) in [6.45, 7) is 3.04. The van der Waals surface area contributed by atoms with Crippen LogP contribution in [0.4, 0.5) is 0 Å². The van der Waals surface area contributed by atoms with Crippen molar-refractivity contribution >= 4 is 17.5 Å². The van der Waals surface area contributed by atoms with Crippen molar-refractivity contribution in [3.05, 3.63) is 28.8 Å². The molecular formula is C16H20ClNO3. The zero-order valence-electron chi connectivity index (χ0n) is 12.1. The van der Waals surface area contributed by atoms with Crippen LogP contribution < -0.4 is 10.1 Å². The molecule has 21 heavy (non-hydrogen) atoms. The Morgan fingerprint density at radius 1 is 1.48 bits per heavy atom. The van der Waals surface area contributed by atoms with Gasteiger partial charge in [-0.3, -0.25) is 4.79 Å². The lowest BCUT2D eigenvalue weighted by Crippen LogP contribution is -2.39. The van der Waals surface area contributed by atoms with Gasteiger partial charge in [0.15, 0.2) is 0 Å². The zero-order valence-corrected chi connectivity index (χ0v) is 12.9. The largest absolute Gasteiger partial charge is 0.492 e. The molecular weight excluding hydrogens is 290 g/mol. The minimum Gasteiger partial charge on any atom is -0.492 e. The highest BCUT2D eigenvalue weighted by molar-refractivity contribution is 6.32. The number of amides is 1. The lowest BCUT2D eigenvalue weighted by atomic mass is 10.0. The number of halogens is 1. The van der Waals surface area contributed by atoms with Gasteiger partial charge in [-0.15, -0.1) is 0 Å². The average molecular weight is 310 g/mol. The fraction of sp³-hybridized carbons (Fsp3) is 0.562. The number of para-hydroxylation sites is 1. The van der Waals surface area contributed by atoms with Gasteiger partial charge in [-0.25, -0.2) is 0 Å². The van der Waals surface area contributed by atoms with Crippen LogP contribution in [0, 0.1) is 5.92 Å². The van der Waals surface area contributed by atoms with Gasteiger partial charge in [0.25, 0.3) is 0 Å². The van der Waals surface area contributed by atoms with E-state index in [0.29, 0.717) is 29.9 Å². The SMILES string of the molecule is C[C@H](OCC1CC1)C(=O)N[C@@H]1CCOc2c(Cl)cccc21. The Kier molecular flexibility index (Phi) is 4.36. The highest BCUT2D eigenvalue weighted by atomic mass is 35.5. The van der Waals surface area contributed by atoms with Gasteiger partial charge in [0, 0.05) is 12.0 Å². The van der Waals surface area contributed by atoms with Gasteiger partial charge in [0.2, 0.25) is 5.91 Å². The van der Waals surface area contributed by atoms with Crippen LogP contribution in [0.3, 0.4) is 0 Å². The molecule has 3 rings (SSSR count). The molecule has 0 spiro atoms. The van der Waals surface area contributed by atoms with Gasteiger partial charge >= 0.3 is 0 Å². The second-order valence-corrected chi connectivity index (χ2v) is 6.18. The third kappa shape index (κ3) is 3.50.